The van der Waals surface area contributed by atoms with Gasteiger partial charge in [-0.2, -0.15) is 4.98 Å². The molecule has 0 amide bonds. The van der Waals surface area contributed by atoms with E-state index in [1.165, 1.54) is 16.8 Å². The summed E-state index contributed by atoms with van der Waals surface area (Å²) in [5, 5.41) is 13.3. The zero-order valence-electron chi connectivity index (χ0n) is 16.3. The molecule has 2 N–H and O–H groups in total. The molecule has 1 fully saturated rings. The fraction of sp³-hybridized carbons (Fsp3) is 0.333. The average molecular weight is 431 g/mol. The first-order valence-electron chi connectivity index (χ1n) is 9.24. The number of benzene rings is 1. The van der Waals surface area contributed by atoms with Gasteiger partial charge in [0.25, 0.3) is 0 Å². The topological polar surface area (TPSA) is 138 Å². The molecule has 3 heterocycles. The number of primary sulfonamides is 1. The first kappa shape index (κ1) is 20.2. The van der Waals surface area contributed by atoms with Gasteiger partial charge in [0.15, 0.2) is 0 Å². The number of hydrogen-bond acceptors (Lipinski definition) is 9. The van der Waals surface area contributed by atoms with E-state index in [0.29, 0.717) is 36.4 Å². The number of rotatable bonds is 6. The van der Waals surface area contributed by atoms with Crippen molar-refractivity contribution < 1.29 is 17.9 Å². The zero-order valence-corrected chi connectivity index (χ0v) is 17.1. The zero-order chi connectivity index (χ0) is 21.1. The van der Waals surface area contributed by atoms with E-state index in [9.17, 15) is 8.42 Å². The third-order valence-electron chi connectivity index (χ3n) is 4.45. The maximum atomic E-state index is 11.4. The molecule has 2 aromatic heterocycles. The molecular weight excluding hydrogens is 410 g/mol. The van der Waals surface area contributed by atoms with Gasteiger partial charge in [-0.3, -0.25) is 0 Å². The molecule has 0 spiro atoms. The molecule has 1 aliphatic heterocycles. The largest absolute Gasteiger partial charge is 0.471 e. The molecule has 4 rings (SSSR count). The number of aromatic nitrogens is 5. The third-order valence-corrected chi connectivity index (χ3v) is 5.38. The lowest BCUT2D eigenvalue weighted by atomic mass is 10.3. The number of anilines is 1. The number of nitrogens with zero attached hydrogens (tertiary/aromatic N) is 6. The Labute approximate surface area is 173 Å². The van der Waals surface area contributed by atoms with Gasteiger partial charge < -0.3 is 14.4 Å². The smallest absolute Gasteiger partial charge is 0.238 e. The summed E-state index contributed by atoms with van der Waals surface area (Å²) in [7, 11) is -3.74. The molecule has 12 heteroatoms. The monoisotopic (exact) mass is 431 g/mol. The number of ether oxygens (including phenoxy) is 2. The van der Waals surface area contributed by atoms with Crippen molar-refractivity contribution in [2.45, 2.75) is 18.4 Å². The number of aryl methyl sites for hydroxylation is 1. The quantitative estimate of drug-likeness (QED) is 0.588. The summed E-state index contributed by atoms with van der Waals surface area (Å²) in [4.78, 5) is 11.1. The first-order valence-corrected chi connectivity index (χ1v) is 10.8. The van der Waals surface area contributed by atoms with Crippen molar-refractivity contribution in [2.24, 2.45) is 5.14 Å². The number of hydrogen-bond donors (Lipinski definition) is 1. The minimum Gasteiger partial charge on any atom is -0.471 e. The summed E-state index contributed by atoms with van der Waals surface area (Å²) in [6, 6.07) is 7.79. The Morgan fingerprint density at radius 2 is 1.90 bits per heavy atom. The Bertz CT molecular complexity index is 1130. The van der Waals surface area contributed by atoms with E-state index < -0.39 is 10.0 Å². The minimum absolute atomic E-state index is 0.0325. The van der Waals surface area contributed by atoms with Crippen molar-refractivity contribution in [2.75, 3.05) is 31.2 Å². The van der Waals surface area contributed by atoms with Crippen molar-refractivity contribution in [1.82, 2.24) is 25.0 Å². The second-order valence-corrected chi connectivity index (χ2v) is 8.29. The van der Waals surface area contributed by atoms with Gasteiger partial charge in [0.2, 0.25) is 21.9 Å². The lowest BCUT2D eigenvalue weighted by molar-refractivity contribution is 0.122. The highest BCUT2D eigenvalue weighted by Gasteiger charge is 2.16. The van der Waals surface area contributed by atoms with Crippen LogP contribution in [0.25, 0.3) is 5.69 Å². The first-order chi connectivity index (χ1) is 14.4. The van der Waals surface area contributed by atoms with Crippen LogP contribution >= 0.6 is 0 Å². The summed E-state index contributed by atoms with van der Waals surface area (Å²) in [6.45, 7) is 4.83. The number of morpholine rings is 1. The van der Waals surface area contributed by atoms with Crippen LogP contribution in [0.1, 0.15) is 11.4 Å². The number of nitrogens with two attached hydrogens (primary N) is 1. The second-order valence-electron chi connectivity index (χ2n) is 6.73. The molecule has 0 atom stereocenters. The van der Waals surface area contributed by atoms with E-state index in [-0.39, 0.29) is 11.5 Å². The van der Waals surface area contributed by atoms with E-state index in [4.69, 9.17) is 14.6 Å². The van der Waals surface area contributed by atoms with Gasteiger partial charge >= 0.3 is 0 Å². The Hall–Kier alpha value is -3.09. The Balaban J connectivity index is 1.44. The Morgan fingerprint density at radius 1 is 1.17 bits per heavy atom. The maximum Gasteiger partial charge on any atom is 0.238 e. The van der Waals surface area contributed by atoms with Crippen LogP contribution in [0.2, 0.25) is 0 Å². The van der Waals surface area contributed by atoms with Crippen LogP contribution in [0.4, 0.5) is 5.95 Å². The highest BCUT2D eigenvalue weighted by molar-refractivity contribution is 7.89. The Morgan fingerprint density at radius 3 is 2.60 bits per heavy atom. The van der Waals surface area contributed by atoms with Crippen LogP contribution in [0.15, 0.2) is 41.4 Å². The normalized spacial score (nSPS) is 14.7. The lowest BCUT2D eigenvalue weighted by Gasteiger charge is -2.27. The molecule has 1 saturated heterocycles. The van der Waals surface area contributed by atoms with Gasteiger partial charge in [0, 0.05) is 24.8 Å². The van der Waals surface area contributed by atoms with E-state index >= 15 is 0 Å². The molecule has 1 aromatic carbocycles. The molecule has 1 aliphatic rings. The van der Waals surface area contributed by atoms with Crippen LogP contribution in [-0.2, 0) is 21.4 Å². The lowest BCUT2D eigenvalue weighted by Crippen LogP contribution is -2.37. The minimum atomic E-state index is -3.74. The molecule has 30 heavy (non-hydrogen) atoms. The predicted molar refractivity (Wildman–Crippen MR) is 107 cm³/mol. The van der Waals surface area contributed by atoms with Crippen LogP contribution in [-0.4, -0.2) is 59.7 Å². The van der Waals surface area contributed by atoms with Crippen molar-refractivity contribution in [1.29, 1.82) is 0 Å². The van der Waals surface area contributed by atoms with Crippen molar-refractivity contribution in [3.63, 3.8) is 0 Å². The number of sulfonamides is 1. The SMILES string of the molecule is Cc1cc(OCc2cn(-c3ccc(S(N)(=O)=O)cc3)nn2)nc(N2CCOCC2)n1. The molecule has 11 nitrogen and oxygen atoms in total. The van der Waals surface area contributed by atoms with Gasteiger partial charge in [-0.05, 0) is 31.2 Å². The van der Waals surface area contributed by atoms with E-state index in [2.05, 4.69) is 25.2 Å². The Kier molecular flexibility index (Phi) is 5.61. The molecule has 0 saturated carbocycles. The fourth-order valence-electron chi connectivity index (χ4n) is 2.93. The summed E-state index contributed by atoms with van der Waals surface area (Å²) in [5.41, 5.74) is 2.04. The molecule has 0 unspecified atom stereocenters. The molecule has 158 valence electrons. The van der Waals surface area contributed by atoms with Crippen LogP contribution in [0, 0.1) is 6.92 Å². The molecule has 0 aliphatic carbocycles. The standard InChI is InChI=1S/C18H21N7O4S/c1-13-10-17(21-18(20-13)24-6-8-28-9-7-24)29-12-14-11-25(23-22-14)15-2-4-16(5-3-15)30(19,26)27/h2-5,10-11H,6-9,12H2,1H3,(H2,19,26,27). The molecule has 0 bridgehead atoms. The van der Waals surface area contributed by atoms with E-state index in [1.807, 2.05) is 6.92 Å². The van der Waals surface area contributed by atoms with E-state index in [0.717, 1.165) is 18.8 Å². The average Bonchev–Trinajstić information content (AvgIpc) is 3.21. The van der Waals surface area contributed by atoms with Gasteiger partial charge in [0.1, 0.15) is 12.3 Å². The van der Waals surface area contributed by atoms with Crippen molar-refractivity contribution in [3.05, 3.63) is 47.9 Å². The summed E-state index contributed by atoms with van der Waals surface area (Å²) >= 11 is 0. The van der Waals surface area contributed by atoms with Gasteiger partial charge in [0.05, 0.1) is 30.0 Å². The van der Waals surface area contributed by atoms with Crippen LogP contribution in [0.5, 0.6) is 5.88 Å². The molecular formula is C18H21N7O4S. The summed E-state index contributed by atoms with van der Waals surface area (Å²) in [5.74, 6) is 1.07. The highest BCUT2D eigenvalue weighted by Crippen LogP contribution is 2.18. The molecule has 3 aromatic rings. The van der Waals surface area contributed by atoms with Gasteiger partial charge in [-0.25, -0.2) is 23.2 Å². The van der Waals surface area contributed by atoms with Crippen molar-refractivity contribution in [3.8, 4) is 11.6 Å². The van der Waals surface area contributed by atoms with Gasteiger partial charge in [-0.1, -0.05) is 5.21 Å². The second kappa shape index (κ2) is 8.34. The molecule has 0 radical (unpaired) electrons. The van der Waals surface area contributed by atoms with Gasteiger partial charge in [-0.15, -0.1) is 5.10 Å². The van der Waals surface area contributed by atoms with Crippen LogP contribution in [0.3, 0.4) is 0 Å². The third kappa shape index (κ3) is 4.72. The summed E-state index contributed by atoms with van der Waals surface area (Å²) in [6.07, 6.45) is 1.70. The highest BCUT2D eigenvalue weighted by atomic mass is 32.2. The fourth-order valence-corrected chi connectivity index (χ4v) is 3.45. The maximum absolute atomic E-state index is 11.4. The predicted octanol–water partition coefficient (Wildman–Crippen LogP) is 0.429. The van der Waals surface area contributed by atoms with Crippen molar-refractivity contribution >= 4 is 16.0 Å². The van der Waals surface area contributed by atoms with E-state index in [1.54, 1.807) is 24.4 Å². The van der Waals surface area contributed by atoms with Crippen LogP contribution < -0.4 is 14.8 Å². The summed E-state index contributed by atoms with van der Waals surface area (Å²) < 4.78 is 35.4.